The van der Waals surface area contributed by atoms with E-state index in [0.717, 1.165) is 17.0 Å². The summed E-state index contributed by atoms with van der Waals surface area (Å²) in [6.45, 7) is 1.09. The first-order valence-electron chi connectivity index (χ1n) is 8.18. The summed E-state index contributed by atoms with van der Waals surface area (Å²) in [6.07, 6.45) is 5.61. The highest BCUT2D eigenvalue weighted by Crippen LogP contribution is 2.10. The topological polar surface area (TPSA) is 79.8 Å². The minimum Gasteiger partial charge on any atom is -0.370 e. The molecule has 0 spiro atoms. The third kappa shape index (κ3) is 5.26. The first-order valence-corrected chi connectivity index (χ1v) is 8.56. The summed E-state index contributed by atoms with van der Waals surface area (Å²) in [5, 5.41) is 6.74. The quantitative estimate of drug-likeness (QED) is 0.670. The van der Waals surface area contributed by atoms with Crippen molar-refractivity contribution in [3.05, 3.63) is 83.0 Å². The van der Waals surface area contributed by atoms with Crippen LogP contribution in [0.2, 0.25) is 5.02 Å². The number of carbonyl (C=O) groups excluding carboxylic acids is 1. The molecule has 0 aliphatic carbocycles. The van der Waals surface area contributed by atoms with Crippen LogP contribution in [-0.2, 0) is 13.0 Å². The molecule has 6 nitrogen and oxygen atoms in total. The lowest BCUT2D eigenvalue weighted by molar-refractivity contribution is 0.0945. The van der Waals surface area contributed by atoms with Gasteiger partial charge in [0.15, 0.2) is 0 Å². The molecule has 2 aromatic heterocycles. The van der Waals surface area contributed by atoms with Gasteiger partial charge in [0.25, 0.3) is 5.91 Å². The van der Waals surface area contributed by atoms with Crippen molar-refractivity contribution < 1.29 is 4.79 Å². The Balaban J connectivity index is 1.52. The van der Waals surface area contributed by atoms with Crippen LogP contribution in [0.3, 0.4) is 0 Å². The number of hydrogen-bond acceptors (Lipinski definition) is 5. The van der Waals surface area contributed by atoms with E-state index < -0.39 is 0 Å². The minimum absolute atomic E-state index is 0.253. The average molecular weight is 368 g/mol. The summed E-state index contributed by atoms with van der Waals surface area (Å²) >= 11 is 5.88. The highest BCUT2D eigenvalue weighted by atomic mass is 35.5. The monoisotopic (exact) mass is 367 g/mol. The Labute approximate surface area is 156 Å². The molecule has 132 valence electrons. The second-order valence-electron chi connectivity index (χ2n) is 5.64. The fourth-order valence-electron chi connectivity index (χ4n) is 2.34. The minimum atomic E-state index is -0.253. The van der Waals surface area contributed by atoms with Crippen LogP contribution in [0.5, 0.6) is 0 Å². The molecule has 0 aliphatic rings. The molecule has 7 heteroatoms. The van der Waals surface area contributed by atoms with Crippen molar-refractivity contribution in [2.75, 3.05) is 11.9 Å². The Morgan fingerprint density at radius 2 is 1.92 bits per heavy atom. The maximum absolute atomic E-state index is 12.2. The van der Waals surface area contributed by atoms with Crippen molar-refractivity contribution in [1.82, 2.24) is 20.3 Å². The number of aromatic nitrogens is 3. The smallest absolute Gasteiger partial charge is 0.270 e. The van der Waals surface area contributed by atoms with Crippen molar-refractivity contribution in [3.63, 3.8) is 0 Å². The molecular weight excluding hydrogens is 350 g/mol. The van der Waals surface area contributed by atoms with Gasteiger partial charge in [-0.2, -0.15) is 0 Å². The second-order valence-corrected chi connectivity index (χ2v) is 6.07. The lowest BCUT2D eigenvalue weighted by atomic mass is 10.1. The molecule has 0 aliphatic heterocycles. The first kappa shape index (κ1) is 17.8. The maximum Gasteiger partial charge on any atom is 0.270 e. The van der Waals surface area contributed by atoms with Crippen LogP contribution in [0.4, 0.5) is 5.82 Å². The summed E-state index contributed by atoms with van der Waals surface area (Å²) in [4.78, 5) is 24.4. The Hall–Kier alpha value is -2.99. The van der Waals surface area contributed by atoms with E-state index in [1.54, 1.807) is 18.5 Å². The van der Waals surface area contributed by atoms with E-state index in [0.29, 0.717) is 24.6 Å². The largest absolute Gasteiger partial charge is 0.370 e. The molecule has 3 rings (SSSR count). The number of nitrogens with zero attached hydrogens (tertiary/aromatic N) is 3. The molecule has 0 unspecified atom stereocenters. The van der Waals surface area contributed by atoms with Crippen molar-refractivity contribution in [3.8, 4) is 0 Å². The zero-order valence-electron chi connectivity index (χ0n) is 14.0. The predicted molar refractivity (Wildman–Crippen MR) is 101 cm³/mol. The SMILES string of the molecule is O=C(NCc1cccnc1)c1cc(NCCc2ccc(Cl)cc2)ncn1. The number of benzene rings is 1. The number of carbonyl (C=O) groups is 1. The fourth-order valence-corrected chi connectivity index (χ4v) is 2.47. The summed E-state index contributed by atoms with van der Waals surface area (Å²) in [7, 11) is 0. The van der Waals surface area contributed by atoms with Crippen molar-refractivity contribution in [2.45, 2.75) is 13.0 Å². The molecular formula is C19H18ClN5O. The van der Waals surface area contributed by atoms with Crippen molar-refractivity contribution in [1.29, 1.82) is 0 Å². The number of anilines is 1. The van der Waals surface area contributed by atoms with E-state index in [2.05, 4.69) is 25.6 Å². The molecule has 0 saturated heterocycles. The van der Waals surface area contributed by atoms with Crippen LogP contribution >= 0.6 is 11.6 Å². The van der Waals surface area contributed by atoms with Gasteiger partial charge < -0.3 is 10.6 Å². The van der Waals surface area contributed by atoms with Crippen LogP contribution in [0, 0.1) is 0 Å². The third-order valence-corrected chi connectivity index (χ3v) is 3.96. The molecule has 0 radical (unpaired) electrons. The summed E-state index contributed by atoms with van der Waals surface area (Å²) in [5.41, 5.74) is 2.42. The molecule has 1 aromatic carbocycles. The van der Waals surface area contributed by atoms with Crippen LogP contribution in [0.1, 0.15) is 21.6 Å². The number of nitrogens with one attached hydrogen (secondary N) is 2. The van der Waals surface area contributed by atoms with E-state index in [1.165, 1.54) is 11.9 Å². The number of hydrogen-bond donors (Lipinski definition) is 2. The molecule has 2 heterocycles. The zero-order chi connectivity index (χ0) is 18.2. The van der Waals surface area contributed by atoms with Crippen LogP contribution in [0.15, 0.2) is 61.2 Å². The van der Waals surface area contributed by atoms with Crippen molar-refractivity contribution >= 4 is 23.3 Å². The molecule has 0 bridgehead atoms. The van der Waals surface area contributed by atoms with E-state index in [4.69, 9.17) is 11.6 Å². The Bertz CT molecular complexity index is 855. The van der Waals surface area contributed by atoms with Gasteiger partial charge in [0.05, 0.1) is 0 Å². The van der Waals surface area contributed by atoms with Crippen LogP contribution in [-0.4, -0.2) is 27.4 Å². The van der Waals surface area contributed by atoms with Crippen LogP contribution in [0.25, 0.3) is 0 Å². The van der Waals surface area contributed by atoms with Gasteiger partial charge >= 0.3 is 0 Å². The summed E-state index contributed by atoms with van der Waals surface area (Å²) in [5.74, 6) is 0.359. The summed E-state index contributed by atoms with van der Waals surface area (Å²) in [6, 6.07) is 13.1. The summed E-state index contributed by atoms with van der Waals surface area (Å²) < 4.78 is 0. The highest BCUT2D eigenvalue weighted by Gasteiger charge is 2.08. The Morgan fingerprint density at radius 3 is 2.69 bits per heavy atom. The zero-order valence-corrected chi connectivity index (χ0v) is 14.8. The number of halogens is 1. The van der Waals surface area contributed by atoms with E-state index in [-0.39, 0.29) is 5.91 Å². The van der Waals surface area contributed by atoms with Crippen molar-refractivity contribution in [2.24, 2.45) is 0 Å². The molecule has 3 aromatic rings. The van der Waals surface area contributed by atoms with Gasteiger partial charge in [-0.15, -0.1) is 0 Å². The number of amides is 1. The lowest BCUT2D eigenvalue weighted by Gasteiger charge is -2.08. The van der Waals surface area contributed by atoms with Gasteiger partial charge in [-0.3, -0.25) is 9.78 Å². The van der Waals surface area contributed by atoms with E-state index in [9.17, 15) is 4.79 Å². The molecule has 0 fully saturated rings. The van der Waals surface area contributed by atoms with Gasteiger partial charge in [0, 0.05) is 36.6 Å². The molecule has 0 atom stereocenters. The van der Waals surface area contributed by atoms with E-state index in [1.807, 2.05) is 36.4 Å². The fraction of sp³-hybridized carbons (Fsp3) is 0.158. The average Bonchev–Trinajstić information content (AvgIpc) is 2.69. The molecule has 2 N–H and O–H groups in total. The Kier molecular flexibility index (Phi) is 6.11. The standard InChI is InChI=1S/C19H18ClN5O/c20-16-5-3-14(4-6-16)7-9-22-18-10-17(24-13-25-18)19(26)23-12-15-2-1-8-21-11-15/h1-6,8,10-11,13H,7,9,12H2,(H,23,26)(H,22,24,25). The van der Waals surface area contributed by atoms with Gasteiger partial charge in [-0.1, -0.05) is 29.8 Å². The lowest BCUT2D eigenvalue weighted by Crippen LogP contribution is -2.24. The van der Waals surface area contributed by atoms with Crippen LogP contribution < -0.4 is 10.6 Å². The molecule has 1 amide bonds. The number of pyridine rings is 1. The van der Waals surface area contributed by atoms with Gasteiger partial charge in [-0.05, 0) is 35.7 Å². The second kappa shape index (κ2) is 8.92. The highest BCUT2D eigenvalue weighted by molar-refractivity contribution is 6.30. The molecule has 0 saturated carbocycles. The third-order valence-electron chi connectivity index (χ3n) is 3.71. The normalized spacial score (nSPS) is 10.3. The maximum atomic E-state index is 12.2. The molecule has 26 heavy (non-hydrogen) atoms. The number of rotatable bonds is 7. The van der Waals surface area contributed by atoms with Gasteiger partial charge in [0.1, 0.15) is 17.8 Å². The first-order chi connectivity index (χ1) is 12.7. The Morgan fingerprint density at radius 1 is 1.08 bits per heavy atom. The van der Waals surface area contributed by atoms with Gasteiger partial charge in [-0.25, -0.2) is 9.97 Å². The predicted octanol–water partition coefficient (Wildman–Crippen LogP) is 3.11. The van der Waals surface area contributed by atoms with Gasteiger partial charge in [0.2, 0.25) is 0 Å². The van der Waals surface area contributed by atoms with E-state index >= 15 is 0 Å².